The lowest BCUT2D eigenvalue weighted by molar-refractivity contribution is -0.121. The largest absolute Gasteiger partial charge is 0.353 e. The highest BCUT2D eigenvalue weighted by Crippen LogP contribution is 2.20. The number of carbonyl (C=O) groups is 1. The lowest BCUT2D eigenvalue weighted by Gasteiger charge is -2.17. The van der Waals surface area contributed by atoms with Crippen molar-refractivity contribution < 1.29 is 4.79 Å². The van der Waals surface area contributed by atoms with Crippen molar-refractivity contribution in [3.8, 4) is 0 Å². The Morgan fingerprint density at radius 2 is 1.72 bits per heavy atom. The summed E-state index contributed by atoms with van der Waals surface area (Å²) < 4.78 is 2.12. The third-order valence-corrected chi connectivity index (χ3v) is 6.43. The van der Waals surface area contributed by atoms with Crippen LogP contribution < -0.4 is 10.1 Å². The van der Waals surface area contributed by atoms with Crippen molar-refractivity contribution in [3.63, 3.8) is 0 Å². The fourth-order valence-corrected chi connectivity index (χ4v) is 4.88. The number of thiazole rings is 1. The van der Waals surface area contributed by atoms with Crippen LogP contribution in [0.25, 0.3) is 0 Å². The number of hydrogen-bond donors (Lipinski definition) is 1. The summed E-state index contributed by atoms with van der Waals surface area (Å²) in [4.78, 5) is 18.4. The Morgan fingerprint density at radius 1 is 1.12 bits per heavy atom. The van der Waals surface area contributed by atoms with Crippen LogP contribution in [-0.2, 0) is 18.3 Å². The van der Waals surface area contributed by atoms with Gasteiger partial charge in [0, 0.05) is 24.2 Å². The van der Waals surface area contributed by atoms with E-state index in [0.29, 0.717) is 18.5 Å². The van der Waals surface area contributed by atoms with Crippen molar-refractivity contribution in [1.29, 1.82) is 0 Å². The van der Waals surface area contributed by atoms with Gasteiger partial charge in [0.15, 0.2) is 4.80 Å². The quantitative estimate of drug-likeness (QED) is 0.778. The van der Waals surface area contributed by atoms with Crippen LogP contribution in [0.15, 0.2) is 10.4 Å². The number of hydrogen-bond acceptors (Lipinski definition) is 3. The standard InChI is InChI=1S/C19H31N3OS.ClH/c1-22-17(13-18(23)20-15-9-5-2-3-6-10-15)14-24-19(22)21-16-11-7-4-8-12-16;/h14-16H,2-13H2,1H3,(H,20,23);1H. The zero-order chi connectivity index (χ0) is 16.8. The fourth-order valence-electron chi connectivity index (χ4n) is 3.91. The lowest BCUT2D eigenvalue weighted by Crippen LogP contribution is -2.36. The van der Waals surface area contributed by atoms with Gasteiger partial charge in [0.2, 0.25) is 5.91 Å². The first kappa shape index (κ1) is 20.5. The molecule has 4 nitrogen and oxygen atoms in total. The van der Waals surface area contributed by atoms with E-state index >= 15 is 0 Å². The molecule has 0 spiro atoms. The minimum Gasteiger partial charge on any atom is -0.353 e. The Labute approximate surface area is 161 Å². The molecule has 1 aromatic heterocycles. The minimum atomic E-state index is 0. The van der Waals surface area contributed by atoms with Crippen LogP contribution in [0, 0.1) is 0 Å². The Kier molecular flexibility index (Phi) is 8.50. The number of aromatic nitrogens is 1. The molecule has 1 heterocycles. The Balaban J connectivity index is 0.00000225. The van der Waals surface area contributed by atoms with Gasteiger partial charge < -0.3 is 9.88 Å². The Hall–Kier alpha value is -0.810. The van der Waals surface area contributed by atoms with E-state index in [1.165, 1.54) is 57.8 Å². The average molecular weight is 386 g/mol. The predicted molar refractivity (Wildman–Crippen MR) is 106 cm³/mol. The molecule has 0 aliphatic heterocycles. The number of nitrogens with zero attached hydrogens (tertiary/aromatic N) is 2. The van der Waals surface area contributed by atoms with Gasteiger partial charge in [-0.3, -0.25) is 9.79 Å². The molecule has 25 heavy (non-hydrogen) atoms. The first-order valence-electron chi connectivity index (χ1n) is 9.69. The number of halogens is 1. The normalized spacial score (nSPS) is 20.8. The van der Waals surface area contributed by atoms with Gasteiger partial charge in [0.1, 0.15) is 0 Å². The highest BCUT2D eigenvalue weighted by Gasteiger charge is 2.16. The number of rotatable bonds is 4. The number of nitrogens with one attached hydrogen (secondary N) is 1. The first-order chi connectivity index (χ1) is 11.7. The van der Waals surface area contributed by atoms with Gasteiger partial charge in [-0.05, 0) is 25.7 Å². The molecule has 0 atom stereocenters. The molecule has 0 radical (unpaired) electrons. The molecule has 0 unspecified atom stereocenters. The second-order valence-corrected chi connectivity index (χ2v) is 8.26. The van der Waals surface area contributed by atoms with Crippen LogP contribution in [0.3, 0.4) is 0 Å². The lowest BCUT2D eigenvalue weighted by atomic mass is 9.96. The molecule has 1 N–H and O–H groups in total. The summed E-state index contributed by atoms with van der Waals surface area (Å²) in [5.41, 5.74) is 1.08. The van der Waals surface area contributed by atoms with Gasteiger partial charge in [-0.1, -0.05) is 44.9 Å². The molecule has 2 fully saturated rings. The molecule has 2 saturated carbocycles. The monoisotopic (exact) mass is 385 g/mol. The maximum Gasteiger partial charge on any atom is 0.226 e. The number of carbonyl (C=O) groups excluding carboxylic acids is 1. The van der Waals surface area contributed by atoms with Crippen molar-refractivity contribution in [2.75, 3.05) is 0 Å². The molecule has 6 heteroatoms. The van der Waals surface area contributed by atoms with E-state index in [1.807, 2.05) is 7.05 Å². The van der Waals surface area contributed by atoms with Crippen LogP contribution in [0.4, 0.5) is 0 Å². The van der Waals surface area contributed by atoms with Gasteiger partial charge in [0.05, 0.1) is 12.5 Å². The maximum atomic E-state index is 12.4. The molecular formula is C19H32ClN3OS. The molecule has 0 saturated heterocycles. The van der Waals surface area contributed by atoms with Crippen LogP contribution in [0.5, 0.6) is 0 Å². The molecule has 3 rings (SSSR count). The van der Waals surface area contributed by atoms with E-state index in [1.54, 1.807) is 11.3 Å². The molecule has 0 bridgehead atoms. The van der Waals surface area contributed by atoms with Crippen molar-refractivity contribution in [1.82, 2.24) is 9.88 Å². The van der Waals surface area contributed by atoms with Crippen molar-refractivity contribution in [2.24, 2.45) is 12.0 Å². The van der Waals surface area contributed by atoms with Crippen molar-refractivity contribution >= 4 is 29.7 Å². The fraction of sp³-hybridized carbons (Fsp3) is 0.789. The highest BCUT2D eigenvalue weighted by molar-refractivity contribution is 7.07. The van der Waals surface area contributed by atoms with Crippen LogP contribution >= 0.6 is 23.7 Å². The highest BCUT2D eigenvalue weighted by atomic mass is 35.5. The van der Waals surface area contributed by atoms with Crippen LogP contribution in [0.2, 0.25) is 0 Å². The van der Waals surface area contributed by atoms with Gasteiger partial charge >= 0.3 is 0 Å². The van der Waals surface area contributed by atoms with Crippen LogP contribution in [-0.4, -0.2) is 22.6 Å². The Morgan fingerprint density at radius 3 is 2.40 bits per heavy atom. The van der Waals surface area contributed by atoms with Gasteiger partial charge in [-0.25, -0.2) is 0 Å². The summed E-state index contributed by atoms with van der Waals surface area (Å²) >= 11 is 1.68. The minimum absolute atomic E-state index is 0. The topological polar surface area (TPSA) is 46.4 Å². The Bertz CT molecular complexity index is 596. The van der Waals surface area contributed by atoms with E-state index in [-0.39, 0.29) is 18.3 Å². The summed E-state index contributed by atoms with van der Waals surface area (Å²) in [7, 11) is 2.05. The summed E-state index contributed by atoms with van der Waals surface area (Å²) in [5.74, 6) is 0.166. The zero-order valence-corrected chi connectivity index (χ0v) is 17.0. The predicted octanol–water partition coefficient (Wildman–Crippen LogP) is 4.12. The van der Waals surface area contributed by atoms with Gasteiger partial charge in [0.25, 0.3) is 0 Å². The SMILES string of the molecule is Cl.Cn1c(CC(=O)NC2CCCCCC2)csc1=NC1CCCCC1. The molecular weight excluding hydrogens is 354 g/mol. The second kappa shape index (κ2) is 10.4. The zero-order valence-electron chi connectivity index (χ0n) is 15.3. The van der Waals surface area contributed by atoms with Gasteiger partial charge in [-0.15, -0.1) is 23.7 Å². The summed E-state index contributed by atoms with van der Waals surface area (Å²) in [6, 6.07) is 0.867. The third kappa shape index (κ3) is 6.14. The van der Waals surface area contributed by atoms with E-state index in [4.69, 9.17) is 4.99 Å². The molecule has 1 amide bonds. The molecule has 2 aliphatic rings. The van der Waals surface area contributed by atoms with E-state index in [2.05, 4.69) is 15.3 Å². The molecule has 2 aliphatic carbocycles. The van der Waals surface area contributed by atoms with Crippen molar-refractivity contribution in [2.45, 2.75) is 89.1 Å². The molecule has 0 aromatic carbocycles. The number of amides is 1. The van der Waals surface area contributed by atoms with E-state index in [9.17, 15) is 4.79 Å². The average Bonchev–Trinajstić information content (AvgIpc) is 2.79. The molecule has 142 valence electrons. The first-order valence-corrected chi connectivity index (χ1v) is 10.6. The summed E-state index contributed by atoms with van der Waals surface area (Å²) in [6.45, 7) is 0. The van der Waals surface area contributed by atoms with Crippen LogP contribution in [0.1, 0.15) is 76.3 Å². The van der Waals surface area contributed by atoms with Crippen molar-refractivity contribution in [3.05, 3.63) is 15.9 Å². The third-order valence-electron chi connectivity index (χ3n) is 5.45. The smallest absolute Gasteiger partial charge is 0.226 e. The maximum absolute atomic E-state index is 12.4. The van der Waals surface area contributed by atoms with E-state index in [0.717, 1.165) is 23.3 Å². The summed E-state index contributed by atoms with van der Waals surface area (Å²) in [6.07, 6.45) is 14.3. The summed E-state index contributed by atoms with van der Waals surface area (Å²) in [5, 5.41) is 5.35. The van der Waals surface area contributed by atoms with Gasteiger partial charge in [-0.2, -0.15) is 0 Å². The van der Waals surface area contributed by atoms with E-state index < -0.39 is 0 Å². The molecule has 1 aromatic rings. The second-order valence-electron chi connectivity index (χ2n) is 7.42.